The van der Waals surface area contributed by atoms with Crippen LogP contribution in [0.1, 0.15) is 45.6 Å². The van der Waals surface area contributed by atoms with Gasteiger partial charge in [0, 0.05) is 30.8 Å². The summed E-state index contributed by atoms with van der Waals surface area (Å²) >= 11 is 0. The lowest BCUT2D eigenvalue weighted by atomic mass is 9.94. The van der Waals surface area contributed by atoms with E-state index in [-0.39, 0.29) is 11.9 Å². The average molecular weight is 302 g/mol. The summed E-state index contributed by atoms with van der Waals surface area (Å²) in [4.78, 5) is 24.0. The van der Waals surface area contributed by atoms with Gasteiger partial charge >= 0.3 is 0 Å². The van der Waals surface area contributed by atoms with E-state index < -0.39 is 5.41 Å². The van der Waals surface area contributed by atoms with Crippen LogP contribution in [-0.4, -0.2) is 29.3 Å². The fraction of sp³-hybridized carbons (Fsp3) is 0.556. The number of nitrogens with zero attached hydrogens (tertiary/aromatic N) is 1. The molecule has 0 aliphatic carbocycles. The van der Waals surface area contributed by atoms with Crippen LogP contribution < -0.4 is 5.43 Å². The minimum atomic E-state index is -0.425. The van der Waals surface area contributed by atoms with Gasteiger partial charge in [0.15, 0.2) is 0 Å². The lowest BCUT2D eigenvalue weighted by molar-refractivity contribution is -0.138. The van der Waals surface area contributed by atoms with Gasteiger partial charge in [-0.3, -0.25) is 15.0 Å². The second kappa shape index (κ2) is 7.05. The van der Waals surface area contributed by atoms with Gasteiger partial charge in [0.05, 0.1) is 0 Å². The molecule has 1 saturated heterocycles. The maximum Gasteiger partial charge on any atom is 0.239 e. The molecule has 120 valence electrons. The van der Waals surface area contributed by atoms with E-state index in [0.717, 1.165) is 12.8 Å². The van der Waals surface area contributed by atoms with Crippen LogP contribution in [0.25, 0.3) is 0 Å². The molecule has 0 aromatic heterocycles. The van der Waals surface area contributed by atoms with Crippen LogP contribution in [0.5, 0.6) is 0 Å². The van der Waals surface area contributed by atoms with Gasteiger partial charge in [0.2, 0.25) is 5.91 Å². The normalized spacial score (nSPS) is 20.0. The van der Waals surface area contributed by atoms with Crippen molar-refractivity contribution in [2.24, 2.45) is 5.41 Å². The fourth-order valence-electron chi connectivity index (χ4n) is 2.58. The first kappa shape index (κ1) is 16.7. The number of piperidine rings is 1. The first-order valence-electron chi connectivity index (χ1n) is 7.99. The number of nitrogens with one attached hydrogen (secondary N) is 1. The minimum absolute atomic E-state index is 0.00607. The topological polar surface area (TPSA) is 49.4 Å². The molecule has 1 heterocycles. The molecule has 0 bridgehead atoms. The molecule has 0 saturated carbocycles. The molecule has 0 radical (unpaired) electrons. The number of benzene rings is 1. The van der Waals surface area contributed by atoms with Crippen molar-refractivity contribution >= 4 is 11.7 Å². The van der Waals surface area contributed by atoms with Crippen molar-refractivity contribution in [2.75, 3.05) is 6.54 Å². The van der Waals surface area contributed by atoms with Crippen LogP contribution in [0, 0.1) is 5.41 Å². The number of rotatable bonds is 4. The number of amides is 1. The number of aryl methyl sites for hydroxylation is 1. The zero-order valence-corrected chi connectivity index (χ0v) is 13.8. The quantitative estimate of drug-likeness (QED) is 0.930. The summed E-state index contributed by atoms with van der Waals surface area (Å²) in [5, 5.41) is 1.97. The van der Waals surface area contributed by atoms with E-state index in [1.807, 2.05) is 44.0 Å². The Hall–Kier alpha value is -1.68. The van der Waals surface area contributed by atoms with Gasteiger partial charge in [-0.1, -0.05) is 51.1 Å². The highest BCUT2D eigenvalue weighted by Gasteiger charge is 2.30. The third kappa shape index (κ3) is 4.67. The Morgan fingerprint density at radius 1 is 1.27 bits per heavy atom. The number of hydrogen-bond donors (Lipinski definition) is 1. The van der Waals surface area contributed by atoms with Gasteiger partial charge in [-0.2, -0.15) is 0 Å². The molecule has 0 spiro atoms. The second-order valence-corrected chi connectivity index (χ2v) is 7.06. The highest BCUT2D eigenvalue weighted by atomic mass is 16.2. The first-order valence-corrected chi connectivity index (χ1v) is 7.99. The summed E-state index contributed by atoms with van der Waals surface area (Å²) in [6.07, 6.45) is 2.84. The molecule has 1 amide bonds. The lowest BCUT2D eigenvalue weighted by Crippen LogP contribution is -2.55. The van der Waals surface area contributed by atoms with Crippen molar-refractivity contribution in [1.82, 2.24) is 10.4 Å². The lowest BCUT2D eigenvalue weighted by Gasteiger charge is -2.36. The van der Waals surface area contributed by atoms with E-state index in [2.05, 4.69) is 17.6 Å². The highest BCUT2D eigenvalue weighted by molar-refractivity contribution is 5.82. The Balaban J connectivity index is 1.97. The predicted molar refractivity (Wildman–Crippen MR) is 87.1 cm³/mol. The molecular weight excluding hydrogens is 276 g/mol. The van der Waals surface area contributed by atoms with Gasteiger partial charge in [0.1, 0.15) is 5.78 Å². The maximum absolute atomic E-state index is 12.2. The predicted octanol–water partition coefficient (Wildman–Crippen LogP) is 2.73. The molecule has 4 nitrogen and oxygen atoms in total. The van der Waals surface area contributed by atoms with Crippen molar-refractivity contribution in [3.63, 3.8) is 0 Å². The largest absolute Gasteiger partial charge is 0.300 e. The molecule has 1 fully saturated rings. The van der Waals surface area contributed by atoms with Gasteiger partial charge in [-0.15, -0.1) is 0 Å². The summed E-state index contributed by atoms with van der Waals surface area (Å²) in [5.74, 6) is 0.297. The highest BCUT2D eigenvalue weighted by Crippen LogP contribution is 2.20. The molecule has 1 aromatic rings. The van der Waals surface area contributed by atoms with Crippen LogP contribution in [0.3, 0.4) is 0 Å². The molecule has 0 unspecified atom stereocenters. The molecule has 1 aliphatic heterocycles. The van der Waals surface area contributed by atoms with Gasteiger partial charge in [-0.25, -0.2) is 5.01 Å². The van der Waals surface area contributed by atoms with Gasteiger partial charge < -0.3 is 0 Å². The summed E-state index contributed by atoms with van der Waals surface area (Å²) in [5.41, 5.74) is 3.85. The van der Waals surface area contributed by atoms with Gasteiger partial charge in [-0.05, 0) is 18.4 Å². The fourth-order valence-corrected chi connectivity index (χ4v) is 2.58. The third-order valence-electron chi connectivity index (χ3n) is 4.07. The number of ketones is 1. The number of carbonyl (C=O) groups is 2. The molecule has 1 atom stereocenters. The molecule has 22 heavy (non-hydrogen) atoms. The standard InChI is InChI=1S/C18H26N2O2/c1-18(2,3)17(22)19-20-12-11-16(21)13-15(20)10-9-14-7-5-4-6-8-14/h4-8,15H,9-13H2,1-3H3,(H,19,22)/t15-/m0/s1. The number of carbonyl (C=O) groups excluding carboxylic acids is 2. The van der Waals surface area contributed by atoms with E-state index >= 15 is 0 Å². The number of hydrazine groups is 1. The molecule has 1 aromatic carbocycles. The first-order chi connectivity index (χ1) is 10.4. The third-order valence-corrected chi connectivity index (χ3v) is 4.07. The summed E-state index contributed by atoms with van der Waals surface area (Å²) < 4.78 is 0. The Morgan fingerprint density at radius 3 is 2.59 bits per heavy atom. The van der Waals surface area contributed by atoms with Crippen molar-refractivity contribution in [3.8, 4) is 0 Å². The van der Waals surface area contributed by atoms with Crippen LogP contribution in [0.2, 0.25) is 0 Å². The zero-order valence-electron chi connectivity index (χ0n) is 13.8. The Bertz CT molecular complexity index is 520. The Kier molecular flexibility index (Phi) is 5.35. The van der Waals surface area contributed by atoms with Crippen LogP contribution in [0.4, 0.5) is 0 Å². The molecule has 1 aliphatic rings. The summed E-state index contributed by atoms with van der Waals surface area (Å²) in [6, 6.07) is 10.4. The van der Waals surface area contributed by atoms with E-state index in [1.165, 1.54) is 5.56 Å². The summed E-state index contributed by atoms with van der Waals surface area (Å²) in [7, 11) is 0. The van der Waals surface area contributed by atoms with Crippen molar-refractivity contribution in [1.29, 1.82) is 0 Å². The number of Topliss-reactive ketones (excluding diaryl/α,β-unsaturated/α-hetero) is 1. The Labute approximate surface area is 132 Å². The smallest absolute Gasteiger partial charge is 0.239 e. The van der Waals surface area contributed by atoms with Crippen molar-refractivity contribution < 1.29 is 9.59 Å². The summed E-state index contributed by atoms with van der Waals surface area (Å²) in [6.45, 7) is 6.31. The molecule has 2 rings (SSSR count). The van der Waals surface area contributed by atoms with Crippen LogP contribution in [0.15, 0.2) is 30.3 Å². The average Bonchev–Trinajstić information content (AvgIpc) is 2.47. The number of hydrogen-bond acceptors (Lipinski definition) is 3. The molecule has 1 N–H and O–H groups in total. The monoisotopic (exact) mass is 302 g/mol. The van der Waals surface area contributed by atoms with Gasteiger partial charge in [0.25, 0.3) is 0 Å². The van der Waals surface area contributed by atoms with Crippen molar-refractivity contribution in [3.05, 3.63) is 35.9 Å². The Morgan fingerprint density at radius 2 is 1.95 bits per heavy atom. The van der Waals surface area contributed by atoms with E-state index in [1.54, 1.807) is 0 Å². The molecular formula is C18H26N2O2. The minimum Gasteiger partial charge on any atom is -0.300 e. The van der Waals surface area contributed by atoms with E-state index in [0.29, 0.717) is 25.2 Å². The van der Waals surface area contributed by atoms with E-state index in [9.17, 15) is 9.59 Å². The SMILES string of the molecule is CC(C)(C)C(=O)NN1CCC(=O)C[C@@H]1CCc1ccccc1. The maximum atomic E-state index is 12.2. The van der Waals surface area contributed by atoms with Crippen LogP contribution >= 0.6 is 0 Å². The molecule has 4 heteroatoms. The second-order valence-electron chi connectivity index (χ2n) is 7.06. The zero-order chi connectivity index (χ0) is 16.2. The van der Waals surface area contributed by atoms with Crippen LogP contribution in [-0.2, 0) is 16.0 Å². The van der Waals surface area contributed by atoms with E-state index in [4.69, 9.17) is 0 Å². The van der Waals surface area contributed by atoms with Crippen molar-refractivity contribution in [2.45, 2.75) is 52.5 Å².